The summed E-state index contributed by atoms with van der Waals surface area (Å²) >= 11 is 0. The summed E-state index contributed by atoms with van der Waals surface area (Å²) in [4.78, 5) is 13.8. The average Bonchev–Trinajstić information content (AvgIpc) is 2.59. The standard InChI is InChI=1S/C12H21N3O2/c1-9-6-10(17-14-9)11(16)13-7-12(2,3)8-15(4)5/h6H,7-8H2,1-5H3,(H,13,16). The SMILES string of the molecule is Cc1cc(C(=O)NCC(C)(C)CN(C)C)on1. The van der Waals surface area contributed by atoms with Crippen LogP contribution < -0.4 is 5.32 Å². The zero-order chi connectivity index (χ0) is 13.1. The fourth-order valence-corrected chi connectivity index (χ4v) is 1.79. The first-order chi connectivity index (χ1) is 7.80. The molecule has 1 amide bonds. The zero-order valence-electron chi connectivity index (χ0n) is 11.2. The number of nitrogens with one attached hydrogen (secondary N) is 1. The Labute approximate surface area is 102 Å². The second-order valence-corrected chi connectivity index (χ2v) is 5.42. The number of rotatable bonds is 5. The highest BCUT2D eigenvalue weighted by molar-refractivity contribution is 5.91. The van der Waals surface area contributed by atoms with Gasteiger partial charge in [0.25, 0.3) is 5.91 Å². The van der Waals surface area contributed by atoms with Gasteiger partial charge in [-0.1, -0.05) is 19.0 Å². The minimum atomic E-state index is -0.211. The van der Waals surface area contributed by atoms with E-state index < -0.39 is 0 Å². The van der Waals surface area contributed by atoms with Crippen LogP contribution in [0.4, 0.5) is 0 Å². The number of carbonyl (C=O) groups is 1. The molecule has 0 bridgehead atoms. The van der Waals surface area contributed by atoms with Crippen molar-refractivity contribution in [1.82, 2.24) is 15.4 Å². The van der Waals surface area contributed by atoms with Crippen molar-refractivity contribution < 1.29 is 9.32 Å². The molecule has 17 heavy (non-hydrogen) atoms. The first-order valence-corrected chi connectivity index (χ1v) is 5.66. The maximum absolute atomic E-state index is 11.7. The molecule has 0 aromatic carbocycles. The molecular formula is C12H21N3O2. The van der Waals surface area contributed by atoms with E-state index in [4.69, 9.17) is 4.52 Å². The van der Waals surface area contributed by atoms with Gasteiger partial charge in [-0.2, -0.15) is 0 Å². The van der Waals surface area contributed by atoms with Crippen LogP contribution in [0.5, 0.6) is 0 Å². The van der Waals surface area contributed by atoms with Crippen molar-refractivity contribution >= 4 is 5.91 Å². The van der Waals surface area contributed by atoms with E-state index in [9.17, 15) is 4.79 Å². The number of aryl methyl sites for hydroxylation is 1. The summed E-state index contributed by atoms with van der Waals surface area (Å²) in [5, 5.41) is 6.55. The quantitative estimate of drug-likeness (QED) is 0.841. The lowest BCUT2D eigenvalue weighted by Crippen LogP contribution is -2.39. The van der Waals surface area contributed by atoms with E-state index >= 15 is 0 Å². The van der Waals surface area contributed by atoms with Crippen molar-refractivity contribution in [2.24, 2.45) is 5.41 Å². The van der Waals surface area contributed by atoms with Crippen LogP contribution in [0.25, 0.3) is 0 Å². The van der Waals surface area contributed by atoms with Gasteiger partial charge in [-0.25, -0.2) is 0 Å². The topological polar surface area (TPSA) is 58.4 Å². The molecule has 0 aliphatic heterocycles. The Kier molecular flexibility index (Phi) is 4.28. The van der Waals surface area contributed by atoms with Gasteiger partial charge >= 0.3 is 0 Å². The molecule has 0 radical (unpaired) electrons. The zero-order valence-corrected chi connectivity index (χ0v) is 11.2. The molecular weight excluding hydrogens is 218 g/mol. The van der Waals surface area contributed by atoms with E-state index in [0.29, 0.717) is 12.2 Å². The van der Waals surface area contributed by atoms with Crippen LogP contribution in [0.2, 0.25) is 0 Å². The fourth-order valence-electron chi connectivity index (χ4n) is 1.79. The lowest BCUT2D eigenvalue weighted by atomic mass is 9.93. The Morgan fingerprint density at radius 3 is 2.65 bits per heavy atom. The lowest BCUT2D eigenvalue weighted by Gasteiger charge is -2.28. The van der Waals surface area contributed by atoms with E-state index in [-0.39, 0.29) is 17.1 Å². The molecule has 5 nitrogen and oxygen atoms in total. The molecule has 0 atom stereocenters. The van der Waals surface area contributed by atoms with Crippen LogP contribution in [0, 0.1) is 12.3 Å². The second kappa shape index (κ2) is 5.31. The summed E-state index contributed by atoms with van der Waals surface area (Å²) in [6, 6.07) is 1.63. The number of carbonyl (C=O) groups excluding carboxylic acids is 1. The molecule has 96 valence electrons. The number of nitrogens with zero attached hydrogens (tertiary/aromatic N) is 2. The third-order valence-electron chi connectivity index (χ3n) is 2.32. The number of hydrogen-bond acceptors (Lipinski definition) is 4. The van der Waals surface area contributed by atoms with Crippen LogP contribution in [-0.4, -0.2) is 43.1 Å². The van der Waals surface area contributed by atoms with Crippen molar-refractivity contribution in [3.8, 4) is 0 Å². The largest absolute Gasteiger partial charge is 0.351 e. The highest BCUT2D eigenvalue weighted by Gasteiger charge is 2.21. The maximum atomic E-state index is 11.7. The summed E-state index contributed by atoms with van der Waals surface area (Å²) in [5.41, 5.74) is 0.733. The Morgan fingerprint density at radius 2 is 2.18 bits per heavy atom. The normalized spacial score (nSPS) is 11.9. The van der Waals surface area contributed by atoms with Crippen molar-refractivity contribution in [3.05, 3.63) is 17.5 Å². The second-order valence-electron chi connectivity index (χ2n) is 5.42. The summed E-state index contributed by atoms with van der Waals surface area (Å²) in [7, 11) is 4.03. The predicted octanol–water partition coefficient (Wildman–Crippen LogP) is 1.30. The third kappa shape index (κ3) is 4.56. The Hall–Kier alpha value is -1.36. The molecule has 0 aliphatic rings. The molecule has 0 fully saturated rings. The Morgan fingerprint density at radius 1 is 1.53 bits per heavy atom. The van der Waals surface area contributed by atoms with Gasteiger partial charge in [0, 0.05) is 19.2 Å². The van der Waals surface area contributed by atoms with Crippen molar-refractivity contribution in [3.63, 3.8) is 0 Å². The molecule has 5 heteroatoms. The first kappa shape index (κ1) is 13.7. The van der Waals surface area contributed by atoms with Gasteiger partial charge in [0.05, 0.1) is 5.69 Å². The van der Waals surface area contributed by atoms with Crippen LogP contribution in [0.15, 0.2) is 10.6 Å². The molecule has 0 spiro atoms. The van der Waals surface area contributed by atoms with E-state index in [1.165, 1.54) is 0 Å². The maximum Gasteiger partial charge on any atom is 0.289 e. The van der Waals surface area contributed by atoms with Crippen molar-refractivity contribution in [2.75, 3.05) is 27.2 Å². The van der Waals surface area contributed by atoms with Crippen LogP contribution in [-0.2, 0) is 0 Å². The summed E-state index contributed by atoms with van der Waals surface area (Å²) in [5.74, 6) is 0.0561. The molecule has 1 aromatic rings. The molecule has 1 heterocycles. The van der Waals surface area contributed by atoms with Gasteiger partial charge in [-0.05, 0) is 26.4 Å². The number of amides is 1. The molecule has 0 aliphatic carbocycles. The Balaban J connectivity index is 2.48. The van der Waals surface area contributed by atoms with Crippen molar-refractivity contribution in [1.29, 1.82) is 0 Å². The minimum absolute atomic E-state index is 0.0220. The summed E-state index contributed by atoms with van der Waals surface area (Å²) < 4.78 is 4.90. The van der Waals surface area contributed by atoms with E-state index in [1.54, 1.807) is 13.0 Å². The first-order valence-electron chi connectivity index (χ1n) is 5.66. The highest BCUT2D eigenvalue weighted by atomic mass is 16.5. The molecule has 1 rings (SSSR count). The minimum Gasteiger partial charge on any atom is -0.351 e. The smallest absolute Gasteiger partial charge is 0.289 e. The average molecular weight is 239 g/mol. The monoisotopic (exact) mass is 239 g/mol. The number of aromatic nitrogens is 1. The molecule has 0 unspecified atom stereocenters. The van der Waals surface area contributed by atoms with Gasteiger partial charge in [-0.3, -0.25) is 4.79 Å². The van der Waals surface area contributed by atoms with Gasteiger partial charge < -0.3 is 14.7 Å². The van der Waals surface area contributed by atoms with Crippen LogP contribution in [0.3, 0.4) is 0 Å². The van der Waals surface area contributed by atoms with E-state index in [0.717, 1.165) is 6.54 Å². The molecule has 1 aromatic heterocycles. The summed E-state index contributed by atoms with van der Waals surface area (Å²) in [6.45, 7) is 7.51. The molecule has 0 saturated carbocycles. The molecule has 0 saturated heterocycles. The van der Waals surface area contributed by atoms with Gasteiger partial charge in [0.1, 0.15) is 0 Å². The predicted molar refractivity (Wildman–Crippen MR) is 65.9 cm³/mol. The Bertz CT molecular complexity index is 383. The lowest BCUT2D eigenvalue weighted by molar-refractivity contribution is 0.0892. The van der Waals surface area contributed by atoms with Gasteiger partial charge in [0.2, 0.25) is 5.76 Å². The van der Waals surface area contributed by atoms with Crippen molar-refractivity contribution in [2.45, 2.75) is 20.8 Å². The fraction of sp³-hybridized carbons (Fsp3) is 0.667. The van der Waals surface area contributed by atoms with E-state index in [2.05, 4.69) is 29.2 Å². The van der Waals surface area contributed by atoms with E-state index in [1.807, 2.05) is 14.1 Å². The third-order valence-corrected chi connectivity index (χ3v) is 2.32. The highest BCUT2D eigenvalue weighted by Crippen LogP contribution is 2.14. The number of hydrogen-bond donors (Lipinski definition) is 1. The summed E-state index contributed by atoms with van der Waals surface area (Å²) in [6.07, 6.45) is 0. The van der Waals surface area contributed by atoms with Gasteiger partial charge in [-0.15, -0.1) is 0 Å². The van der Waals surface area contributed by atoms with Crippen LogP contribution >= 0.6 is 0 Å². The van der Waals surface area contributed by atoms with Gasteiger partial charge in [0.15, 0.2) is 0 Å². The molecule has 1 N–H and O–H groups in total. The van der Waals surface area contributed by atoms with Crippen LogP contribution in [0.1, 0.15) is 30.1 Å².